The molecule has 2 N–H and O–H groups in total. The van der Waals surface area contributed by atoms with Gasteiger partial charge in [-0.1, -0.05) is 50.2 Å². The molecule has 0 saturated carbocycles. The van der Waals surface area contributed by atoms with E-state index in [1.807, 2.05) is 6.92 Å². The van der Waals surface area contributed by atoms with Crippen LogP contribution in [0.2, 0.25) is 18.1 Å². The molecule has 1 aliphatic rings. The molecule has 178 valence electrons. The van der Waals surface area contributed by atoms with Crippen molar-refractivity contribution in [2.24, 2.45) is 11.0 Å². The summed E-state index contributed by atoms with van der Waals surface area (Å²) in [4.78, 5) is 39.5. The fraction of sp³-hybridized carbons (Fsp3) is 0.545. The second-order valence-corrected chi connectivity index (χ2v) is 12.9. The molecule has 1 aromatic carbocycles. The van der Waals surface area contributed by atoms with E-state index >= 15 is 0 Å². The van der Waals surface area contributed by atoms with Crippen molar-refractivity contribution in [2.75, 3.05) is 0 Å². The standard InChI is InChI=1S/C22H31N5O5Si/c1-5-33(6-2,7-3)32-14(4)19-17(25-21(19)29)12-18(28)20(23)22(30)31-13-15-8-10-16(11-9-15)26-27-24/h8-11,14,17,19,23H,5-7,12-13H2,1-4H3,(H,25,29)/t14-,17-,19-/m1/s1. The van der Waals surface area contributed by atoms with E-state index in [1.54, 1.807) is 24.3 Å². The highest BCUT2D eigenvalue weighted by Gasteiger charge is 2.47. The number of azide groups is 1. The van der Waals surface area contributed by atoms with Gasteiger partial charge in [-0.15, -0.1) is 0 Å². The zero-order chi connectivity index (χ0) is 24.6. The van der Waals surface area contributed by atoms with Crippen LogP contribution >= 0.6 is 0 Å². The molecule has 10 nitrogen and oxygen atoms in total. The molecule has 0 unspecified atom stereocenters. The molecule has 0 bridgehead atoms. The molecule has 0 aliphatic carbocycles. The highest BCUT2D eigenvalue weighted by atomic mass is 28.4. The molecule has 1 amide bonds. The lowest BCUT2D eigenvalue weighted by molar-refractivity contribution is -0.140. The van der Waals surface area contributed by atoms with Gasteiger partial charge in [0, 0.05) is 17.0 Å². The number of hydrogen-bond acceptors (Lipinski definition) is 7. The SMILES string of the molecule is CC[Si](CC)(CC)O[C@H](C)[C@H]1C(=O)N[C@@H]1CC(=O)C(=N)C(=O)OCc1ccc(N=[N+]=[N-])cc1. The number of Topliss-reactive ketones (excluding diaryl/α,β-unsaturated/α-hetero) is 1. The smallest absolute Gasteiger partial charge is 0.360 e. The molecule has 1 aliphatic heterocycles. The van der Waals surface area contributed by atoms with Gasteiger partial charge in [-0.3, -0.25) is 15.0 Å². The molecule has 0 spiro atoms. The minimum absolute atomic E-state index is 0.129. The Morgan fingerprint density at radius 3 is 2.33 bits per heavy atom. The third-order valence-corrected chi connectivity index (χ3v) is 11.0. The molecule has 0 aromatic heterocycles. The normalized spacial score (nSPS) is 18.4. The molecular weight excluding hydrogens is 442 g/mol. The average Bonchev–Trinajstić information content (AvgIpc) is 2.81. The van der Waals surface area contributed by atoms with Gasteiger partial charge in [0.2, 0.25) is 5.91 Å². The lowest BCUT2D eigenvalue weighted by Gasteiger charge is -2.43. The number of carbonyl (C=O) groups excluding carboxylic acids is 3. The third kappa shape index (κ3) is 6.50. The second-order valence-electron chi connectivity index (χ2n) is 8.14. The van der Waals surface area contributed by atoms with Crippen molar-refractivity contribution in [1.82, 2.24) is 5.32 Å². The van der Waals surface area contributed by atoms with Crippen LogP contribution in [0.3, 0.4) is 0 Å². The number of benzene rings is 1. The number of esters is 1. The number of ether oxygens (including phenoxy) is 1. The van der Waals surface area contributed by atoms with E-state index in [2.05, 4.69) is 36.1 Å². The van der Waals surface area contributed by atoms with Crippen LogP contribution in [0.1, 0.15) is 39.7 Å². The summed E-state index contributed by atoms with van der Waals surface area (Å²) >= 11 is 0. The highest BCUT2D eigenvalue weighted by molar-refractivity contribution is 6.73. The Balaban J connectivity index is 1.90. The van der Waals surface area contributed by atoms with E-state index < -0.39 is 37.7 Å². The van der Waals surface area contributed by atoms with Gasteiger partial charge < -0.3 is 14.5 Å². The van der Waals surface area contributed by atoms with Gasteiger partial charge in [0.1, 0.15) is 6.61 Å². The molecule has 1 saturated heterocycles. The average molecular weight is 474 g/mol. The highest BCUT2D eigenvalue weighted by Crippen LogP contribution is 2.30. The van der Waals surface area contributed by atoms with Gasteiger partial charge in [0.25, 0.3) is 0 Å². The fourth-order valence-electron chi connectivity index (χ4n) is 3.99. The summed E-state index contributed by atoms with van der Waals surface area (Å²) in [6.07, 6.45) is -0.491. The summed E-state index contributed by atoms with van der Waals surface area (Å²) in [5, 5.41) is 14.0. The van der Waals surface area contributed by atoms with Crippen LogP contribution in [-0.4, -0.2) is 43.8 Å². The van der Waals surface area contributed by atoms with E-state index in [-0.39, 0.29) is 25.0 Å². The van der Waals surface area contributed by atoms with Crippen molar-refractivity contribution in [3.8, 4) is 0 Å². The van der Waals surface area contributed by atoms with E-state index in [9.17, 15) is 14.4 Å². The van der Waals surface area contributed by atoms with Crippen molar-refractivity contribution in [3.05, 3.63) is 40.3 Å². The Morgan fingerprint density at radius 2 is 1.82 bits per heavy atom. The summed E-state index contributed by atoms with van der Waals surface area (Å²) in [6.45, 7) is 8.05. The molecule has 11 heteroatoms. The van der Waals surface area contributed by atoms with Crippen molar-refractivity contribution >= 4 is 37.4 Å². The minimum Gasteiger partial charge on any atom is -0.456 e. The van der Waals surface area contributed by atoms with Crippen LogP contribution in [0.4, 0.5) is 5.69 Å². The second kappa shape index (κ2) is 11.7. The third-order valence-electron chi connectivity index (χ3n) is 6.29. The number of rotatable bonds is 13. The van der Waals surface area contributed by atoms with Crippen LogP contribution in [0.5, 0.6) is 0 Å². The van der Waals surface area contributed by atoms with Gasteiger partial charge in [-0.25, -0.2) is 4.79 Å². The number of nitrogens with zero attached hydrogens (tertiary/aromatic N) is 3. The summed E-state index contributed by atoms with van der Waals surface area (Å²) in [5.74, 6) is -2.38. The molecule has 1 aromatic rings. The van der Waals surface area contributed by atoms with Crippen molar-refractivity contribution in [2.45, 2.75) is 71.0 Å². The topological polar surface area (TPSA) is 154 Å². The Morgan fingerprint density at radius 1 is 1.21 bits per heavy atom. The van der Waals surface area contributed by atoms with E-state index in [0.29, 0.717) is 11.3 Å². The molecule has 3 atom stereocenters. The van der Waals surface area contributed by atoms with Crippen molar-refractivity contribution in [3.63, 3.8) is 0 Å². The van der Waals surface area contributed by atoms with Crippen LogP contribution in [-0.2, 0) is 30.2 Å². The Labute approximate surface area is 194 Å². The maximum atomic E-state index is 12.5. The lowest BCUT2D eigenvalue weighted by Crippen LogP contribution is -2.64. The monoisotopic (exact) mass is 473 g/mol. The summed E-state index contributed by atoms with van der Waals surface area (Å²) in [7, 11) is -1.92. The van der Waals surface area contributed by atoms with E-state index in [0.717, 1.165) is 18.1 Å². The molecular formula is C22H31N5O5Si. The number of nitrogens with one attached hydrogen (secondary N) is 2. The number of β-lactam (4-membered cyclic amide) rings is 1. The molecule has 2 rings (SSSR count). The zero-order valence-electron chi connectivity index (χ0n) is 19.5. The maximum Gasteiger partial charge on any atom is 0.360 e. The Bertz CT molecular complexity index is 933. The van der Waals surface area contributed by atoms with Crippen LogP contribution < -0.4 is 5.32 Å². The van der Waals surface area contributed by atoms with Crippen LogP contribution in [0.15, 0.2) is 29.4 Å². The number of hydrogen-bond donors (Lipinski definition) is 2. The maximum absolute atomic E-state index is 12.5. The Hall–Kier alpha value is -3.01. The number of ketones is 1. The molecule has 1 fully saturated rings. The van der Waals surface area contributed by atoms with Crippen LogP contribution in [0, 0.1) is 11.3 Å². The van der Waals surface area contributed by atoms with E-state index in [1.165, 1.54) is 0 Å². The molecule has 0 radical (unpaired) electrons. The zero-order valence-corrected chi connectivity index (χ0v) is 20.5. The molecule has 33 heavy (non-hydrogen) atoms. The first-order valence-electron chi connectivity index (χ1n) is 11.1. The van der Waals surface area contributed by atoms with Crippen molar-refractivity contribution in [1.29, 1.82) is 5.41 Å². The first kappa shape index (κ1) is 26.2. The van der Waals surface area contributed by atoms with Gasteiger partial charge in [-0.2, -0.15) is 0 Å². The first-order valence-corrected chi connectivity index (χ1v) is 13.6. The predicted octanol–water partition coefficient (Wildman–Crippen LogP) is 4.18. The first-order chi connectivity index (χ1) is 15.7. The van der Waals surface area contributed by atoms with Crippen LogP contribution in [0.25, 0.3) is 10.4 Å². The fourth-order valence-corrected chi connectivity index (χ4v) is 6.92. The quantitative estimate of drug-likeness (QED) is 0.0643. The summed E-state index contributed by atoms with van der Waals surface area (Å²) < 4.78 is 11.4. The van der Waals surface area contributed by atoms with Gasteiger partial charge in [0.15, 0.2) is 19.8 Å². The summed E-state index contributed by atoms with van der Waals surface area (Å²) in [6, 6.07) is 8.74. The number of amides is 1. The number of carbonyl (C=O) groups is 3. The van der Waals surface area contributed by atoms with Gasteiger partial charge in [-0.05, 0) is 36.2 Å². The predicted molar refractivity (Wildman–Crippen MR) is 126 cm³/mol. The summed E-state index contributed by atoms with van der Waals surface area (Å²) in [5.41, 5.74) is 8.69. The van der Waals surface area contributed by atoms with Gasteiger partial charge in [0.05, 0.1) is 18.1 Å². The van der Waals surface area contributed by atoms with Gasteiger partial charge >= 0.3 is 5.97 Å². The van der Waals surface area contributed by atoms with E-state index in [4.69, 9.17) is 20.1 Å². The largest absolute Gasteiger partial charge is 0.456 e. The lowest BCUT2D eigenvalue weighted by atomic mass is 9.82. The minimum atomic E-state index is -1.92. The van der Waals surface area contributed by atoms with Crippen molar-refractivity contribution < 1.29 is 23.5 Å². The Kier molecular flexibility index (Phi) is 9.33. The molecule has 1 heterocycles.